The van der Waals surface area contributed by atoms with Crippen LogP contribution in [0.25, 0.3) is 0 Å². The van der Waals surface area contributed by atoms with E-state index in [1.54, 1.807) is 0 Å². The van der Waals surface area contributed by atoms with E-state index >= 15 is 0 Å². The van der Waals surface area contributed by atoms with Crippen molar-refractivity contribution in [2.24, 2.45) is 0 Å². The lowest BCUT2D eigenvalue weighted by Crippen LogP contribution is -2.53. The van der Waals surface area contributed by atoms with Crippen LogP contribution in [0.1, 0.15) is 258 Å². The molecule has 342 valence electrons. The van der Waals surface area contributed by atoms with Crippen LogP contribution in [0.4, 0.5) is 0 Å². The van der Waals surface area contributed by atoms with Gasteiger partial charge in [-0.3, -0.25) is 4.79 Å². The lowest BCUT2D eigenvalue weighted by atomic mass is 10.00. The van der Waals surface area contributed by atoms with Gasteiger partial charge in [-0.15, -0.1) is 0 Å². The van der Waals surface area contributed by atoms with Gasteiger partial charge >= 0.3 is 0 Å². The minimum Gasteiger partial charge on any atom is -0.394 e. The molecule has 0 fully saturated rings. The number of carbonyl (C=O) groups is 1. The lowest BCUT2D eigenvalue weighted by molar-refractivity contribution is -0.132. The van der Waals surface area contributed by atoms with Crippen LogP contribution in [0.3, 0.4) is 0 Å². The molecule has 4 unspecified atom stereocenters. The van der Waals surface area contributed by atoms with E-state index in [1.807, 2.05) is 0 Å². The molecule has 0 aromatic carbocycles. The molecule has 0 saturated carbocycles. The second kappa shape index (κ2) is 46.6. The van der Waals surface area contributed by atoms with E-state index in [0.717, 1.165) is 38.5 Å². The molecule has 0 saturated heterocycles. The van der Waals surface area contributed by atoms with E-state index in [-0.39, 0.29) is 0 Å². The molecule has 0 aromatic rings. The summed E-state index contributed by atoms with van der Waals surface area (Å²) in [5.74, 6) is -0.597. The zero-order valence-electron chi connectivity index (χ0n) is 38.5. The predicted molar refractivity (Wildman–Crippen MR) is 251 cm³/mol. The molecule has 0 aliphatic carbocycles. The van der Waals surface area contributed by atoms with E-state index in [0.29, 0.717) is 19.3 Å². The number of hydrogen-bond donors (Lipinski definition) is 5. The Labute approximate surface area is 360 Å². The molecule has 0 radical (unpaired) electrons. The van der Waals surface area contributed by atoms with Crippen LogP contribution in [0.2, 0.25) is 0 Å². The highest BCUT2D eigenvalue weighted by atomic mass is 16.3. The van der Waals surface area contributed by atoms with Crippen molar-refractivity contribution in [2.75, 3.05) is 6.61 Å². The molecule has 4 atom stereocenters. The van der Waals surface area contributed by atoms with Gasteiger partial charge in [-0.05, 0) is 77.0 Å². The van der Waals surface area contributed by atoms with Gasteiger partial charge < -0.3 is 25.7 Å². The summed E-state index contributed by atoms with van der Waals surface area (Å²) in [7, 11) is 0. The van der Waals surface area contributed by atoms with Crippen LogP contribution >= 0.6 is 0 Å². The fourth-order valence-electron chi connectivity index (χ4n) is 7.77. The first-order valence-corrected chi connectivity index (χ1v) is 25.4. The number of rotatable bonds is 46. The molecule has 1 amide bonds. The number of amides is 1. The summed E-state index contributed by atoms with van der Waals surface area (Å²) in [5, 5.41) is 43.8. The molecule has 0 spiro atoms. The fourth-order valence-corrected chi connectivity index (χ4v) is 7.77. The third-order valence-corrected chi connectivity index (χ3v) is 11.8. The Kier molecular flexibility index (Phi) is 45.4. The van der Waals surface area contributed by atoms with Crippen molar-refractivity contribution in [3.63, 3.8) is 0 Å². The number of unbranched alkanes of at least 4 members (excludes halogenated alkanes) is 31. The second-order valence-corrected chi connectivity index (χ2v) is 17.5. The fraction of sp³-hybridized carbons (Fsp3) is 0.865. The first-order chi connectivity index (χ1) is 28.5. The normalized spacial score (nSPS) is 14.2. The molecule has 58 heavy (non-hydrogen) atoms. The van der Waals surface area contributed by atoms with Gasteiger partial charge in [0.2, 0.25) is 5.91 Å². The van der Waals surface area contributed by atoms with Gasteiger partial charge in [0.1, 0.15) is 12.2 Å². The van der Waals surface area contributed by atoms with Gasteiger partial charge in [0.05, 0.1) is 18.8 Å². The molecule has 5 N–H and O–H groups in total. The maximum absolute atomic E-state index is 12.5. The molecule has 6 heteroatoms. The summed E-state index contributed by atoms with van der Waals surface area (Å²) >= 11 is 0. The second-order valence-electron chi connectivity index (χ2n) is 17.5. The molecule has 0 aliphatic rings. The molecule has 0 bridgehead atoms. The molecule has 0 rings (SSSR count). The lowest BCUT2D eigenvalue weighted by Gasteiger charge is -2.27. The Bertz CT molecular complexity index is 919. The van der Waals surface area contributed by atoms with Crippen LogP contribution in [-0.4, -0.2) is 57.3 Å². The first kappa shape index (κ1) is 56.5. The zero-order chi connectivity index (χ0) is 42.4. The van der Waals surface area contributed by atoms with Crippen molar-refractivity contribution < 1.29 is 25.2 Å². The number of allylic oxidation sites excluding steroid dienone is 6. The topological polar surface area (TPSA) is 110 Å². The zero-order valence-corrected chi connectivity index (χ0v) is 38.5. The molecular formula is C52H99NO5. The highest BCUT2D eigenvalue weighted by Gasteiger charge is 2.28. The highest BCUT2D eigenvalue weighted by molar-refractivity contribution is 5.80. The van der Waals surface area contributed by atoms with Crippen LogP contribution in [0.15, 0.2) is 36.5 Å². The van der Waals surface area contributed by atoms with Crippen molar-refractivity contribution in [1.29, 1.82) is 0 Å². The van der Waals surface area contributed by atoms with E-state index in [4.69, 9.17) is 0 Å². The summed E-state index contributed by atoms with van der Waals surface area (Å²) in [6.07, 6.45) is 56.2. The van der Waals surface area contributed by atoms with Crippen molar-refractivity contribution in [3.8, 4) is 0 Å². The van der Waals surface area contributed by atoms with E-state index in [1.165, 1.54) is 186 Å². The van der Waals surface area contributed by atoms with Gasteiger partial charge in [0.25, 0.3) is 0 Å². The van der Waals surface area contributed by atoms with E-state index in [9.17, 15) is 25.2 Å². The monoisotopic (exact) mass is 818 g/mol. The minimum absolute atomic E-state index is 0.359. The third kappa shape index (κ3) is 40.0. The van der Waals surface area contributed by atoms with Crippen LogP contribution in [-0.2, 0) is 4.79 Å². The smallest absolute Gasteiger partial charge is 0.249 e. The SMILES string of the molecule is CCCCCCCCC/C=C/CC/C=C/CCCC(O)C(O)C(CO)NC(=O)C(O)CCCCCCCCCCCC/C=C\CCCCCCCCCCCCCC. The van der Waals surface area contributed by atoms with Gasteiger partial charge in [-0.25, -0.2) is 0 Å². The Morgan fingerprint density at radius 1 is 0.414 bits per heavy atom. The number of aliphatic hydroxyl groups excluding tert-OH is 4. The maximum Gasteiger partial charge on any atom is 0.249 e. The Balaban J connectivity index is 3.70. The van der Waals surface area contributed by atoms with Crippen LogP contribution in [0.5, 0.6) is 0 Å². The molecular weight excluding hydrogens is 719 g/mol. The molecule has 6 nitrogen and oxygen atoms in total. The Hall–Kier alpha value is -1.47. The number of aliphatic hydroxyl groups is 4. The summed E-state index contributed by atoms with van der Waals surface area (Å²) in [4.78, 5) is 12.5. The molecule has 0 aromatic heterocycles. The number of carbonyl (C=O) groups excluding carboxylic acids is 1. The average molecular weight is 818 g/mol. The van der Waals surface area contributed by atoms with Gasteiger partial charge in [-0.2, -0.15) is 0 Å². The number of hydrogen-bond acceptors (Lipinski definition) is 5. The van der Waals surface area contributed by atoms with Crippen molar-refractivity contribution >= 4 is 5.91 Å². The van der Waals surface area contributed by atoms with Gasteiger partial charge in [-0.1, -0.05) is 217 Å². The van der Waals surface area contributed by atoms with Gasteiger partial charge in [0, 0.05) is 0 Å². The molecule has 0 aliphatic heterocycles. The summed E-state index contributed by atoms with van der Waals surface area (Å²) in [6.45, 7) is 4.04. The molecule has 0 heterocycles. The van der Waals surface area contributed by atoms with Gasteiger partial charge in [0.15, 0.2) is 0 Å². The summed E-state index contributed by atoms with van der Waals surface area (Å²) < 4.78 is 0. The summed E-state index contributed by atoms with van der Waals surface area (Å²) in [6, 6.07) is -1.01. The summed E-state index contributed by atoms with van der Waals surface area (Å²) in [5.41, 5.74) is 0. The third-order valence-electron chi connectivity index (χ3n) is 11.8. The first-order valence-electron chi connectivity index (χ1n) is 25.4. The van der Waals surface area contributed by atoms with Crippen molar-refractivity contribution in [1.82, 2.24) is 5.32 Å². The van der Waals surface area contributed by atoms with Crippen LogP contribution in [0, 0.1) is 0 Å². The quantitative estimate of drug-likeness (QED) is 0.0310. The average Bonchev–Trinajstić information content (AvgIpc) is 3.23. The number of nitrogens with one attached hydrogen (secondary N) is 1. The van der Waals surface area contributed by atoms with Crippen molar-refractivity contribution in [3.05, 3.63) is 36.5 Å². The van der Waals surface area contributed by atoms with E-state index in [2.05, 4.69) is 55.6 Å². The standard InChI is InChI=1S/C52H99NO5/c1-3-5-7-9-11-13-15-17-19-21-22-23-24-25-26-27-28-29-30-32-34-36-38-40-42-44-46-50(56)52(58)53-48(47-54)51(57)49(55)45-43-41-39-37-35-33-31-20-18-16-14-12-10-8-6-4-2/h20,25-26,31,37,39,48-51,54-57H,3-19,21-24,27-30,32-36,38,40-47H2,1-2H3,(H,53,58)/b26-25-,31-20+,39-37+. The highest BCUT2D eigenvalue weighted by Crippen LogP contribution is 2.16. The predicted octanol–water partition coefficient (Wildman–Crippen LogP) is 14.1. The van der Waals surface area contributed by atoms with Crippen LogP contribution < -0.4 is 5.32 Å². The van der Waals surface area contributed by atoms with E-state index < -0.39 is 36.9 Å². The Morgan fingerprint density at radius 2 is 0.724 bits per heavy atom. The van der Waals surface area contributed by atoms with Crippen molar-refractivity contribution in [2.45, 2.75) is 282 Å². The largest absolute Gasteiger partial charge is 0.394 e. The minimum atomic E-state index is -1.29. The Morgan fingerprint density at radius 3 is 1.09 bits per heavy atom. The maximum atomic E-state index is 12.5.